The van der Waals surface area contributed by atoms with Crippen LogP contribution in [-0.4, -0.2) is 18.2 Å². The highest BCUT2D eigenvalue weighted by Gasteiger charge is 2.20. The maximum Gasteiger partial charge on any atom is 0.251 e. The minimum absolute atomic E-state index is 0.113. The molecule has 2 aromatic rings. The Bertz CT molecular complexity index is 690. The number of fused-ring (bicyclic) bond motifs is 1. The largest absolute Gasteiger partial charge is 0.457 e. The van der Waals surface area contributed by atoms with Crippen LogP contribution in [0.1, 0.15) is 38.3 Å². The van der Waals surface area contributed by atoms with Crippen molar-refractivity contribution in [3.05, 3.63) is 57.5 Å². The van der Waals surface area contributed by atoms with Gasteiger partial charge in [-0.3, -0.25) is 9.59 Å². The molecule has 0 saturated heterocycles. The lowest BCUT2D eigenvalue weighted by atomic mass is 9.97. The van der Waals surface area contributed by atoms with Crippen LogP contribution in [0.5, 0.6) is 0 Å². The Labute approximate surface area is 124 Å². The Hall–Kier alpha value is -1.88. The number of hydrogen-bond donors (Lipinski definition) is 1. The molecule has 1 amide bonds. The van der Waals surface area contributed by atoms with Crippen LogP contribution in [0.25, 0.3) is 0 Å². The van der Waals surface area contributed by atoms with Gasteiger partial charge in [0.15, 0.2) is 10.5 Å². The van der Waals surface area contributed by atoms with Gasteiger partial charge in [0, 0.05) is 17.7 Å². The molecule has 0 aliphatic carbocycles. The van der Waals surface area contributed by atoms with Crippen LogP contribution in [0.3, 0.4) is 0 Å². The molecule has 4 nitrogen and oxygen atoms in total. The highest BCUT2D eigenvalue weighted by molar-refractivity contribution is 9.10. The average Bonchev–Trinajstić information content (AvgIpc) is 2.79. The number of halogens is 1. The summed E-state index contributed by atoms with van der Waals surface area (Å²) in [6, 6.07) is 6.90. The van der Waals surface area contributed by atoms with E-state index in [1.165, 1.54) is 6.26 Å². The average molecular weight is 334 g/mol. The molecule has 102 valence electrons. The molecule has 20 heavy (non-hydrogen) atoms. The first-order valence-corrected chi connectivity index (χ1v) is 7.15. The van der Waals surface area contributed by atoms with Gasteiger partial charge >= 0.3 is 0 Å². The van der Waals surface area contributed by atoms with Crippen molar-refractivity contribution in [3.8, 4) is 0 Å². The van der Waals surface area contributed by atoms with Gasteiger partial charge in [-0.15, -0.1) is 0 Å². The Morgan fingerprint density at radius 1 is 1.30 bits per heavy atom. The summed E-state index contributed by atoms with van der Waals surface area (Å²) in [5.41, 5.74) is 2.53. The molecule has 1 aromatic heterocycles. The Balaban J connectivity index is 2.02. The lowest BCUT2D eigenvalue weighted by molar-refractivity contribution is 0.0956. The number of amides is 1. The van der Waals surface area contributed by atoms with E-state index in [0.29, 0.717) is 27.9 Å². The third kappa shape index (κ3) is 2.29. The van der Waals surface area contributed by atoms with Gasteiger partial charge in [-0.2, -0.15) is 0 Å². The summed E-state index contributed by atoms with van der Waals surface area (Å²) in [4.78, 5) is 24.4. The van der Waals surface area contributed by atoms with E-state index in [9.17, 15) is 9.59 Å². The van der Waals surface area contributed by atoms with Gasteiger partial charge < -0.3 is 9.73 Å². The van der Waals surface area contributed by atoms with Gasteiger partial charge in [-0.1, -0.05) is 12.1 Å². The predicted octanol–water partition coefficient (Wildman–Crippen LogP) is 2.95. The number of hydrogen-bond acceptors (Lipinski definition) is 3. The molecule has 0 unspecified atom stereocenters. The first kappa shape index (κ1) is 13.1. The molecule has 0 spiro atoms. The number of carbonyl (C=O) groups excluding carboxylic acids is 2. The van der Waals surface area contributed by atoms with Crippen LogP contribution in [0, 0.1) is 0 Å². The van der Waals surface area contributed by atoms with E-state index in [1.807, 2.05) is 6.07 Å². The highest BCUT2D eigenvalue weighted by atomic mass is 79.9. The summed E-state index contributed by atoms with van der Waals surface area (Å²) in [5, 5.41) is 2.83. The Morgan fingerprint density at radius 2 is 2.15 bits per heavy atom. The smallest absolute Gasteiger partial charge is 0.251 e. The third-order valence-corrected chi connectivity index (χ3v) is 4.00. The SMILES string of the molecule is O=C1NCCCc2ccc(C(=O)c3ccoc3Br)cc21. The molecule has 1 aromatic carbocycles. The van der Waals surface area contributed by atoms with Crippen LogP contribution >= 0.6 is 15.9 Å². The number of carbonyl (C=O) groups is 2. The van der Waals surface area contributed by atoms with Gasteiger partial charge in [0.1, 0.15) is 0 Å². The summed E-state index contributed by atoms with van der Waals surface area (Å²) < 4.78 is 5.48. The van der Waals surface area contributed by atoms with Crippen LogP contribution in [0.2, 0.25) is 0 Å². The normalized spacial score (nSPS) is 14.3. The fraction of sp³-hybridized carbons (Fsp3) is 0.200. The van der Waals surface area contributed by atoms with E-state index in [0.717, 1.165) is 18.4 Å². The van der Waals surface area contributed by atoms with Crippen molar-refractivity contribution in [1.29, 1.82) is 0 Å². The van der Waals surface area contributed by atoms with Crippen molar-refractivity contribution in [2.24, 2.45) is 0 Å². The molecule has 0 fully saturated rings. The standard InChI is InChI=1S/C15H12BrNO3/c16-14-11(5-7-20-14)13(18)10-4-3-9-2-1-6-17-15(19)12(9)8-10/h3-5,7-8H,1-2,6H2,(H,17,19). The van der Waals surface area contributed by atoms with Crippen LogP contribution in [0.4, 0.5) is 0 Å². The second-order valence-electron chi connectivity index (χ2n) is 4.67. The van der Waals surface area contributed by atoms with E-state index < -0.39 is 0 Å². The second kappa shape index (κ2) is 5.25. The van der Waals surface area contributed by atoms with E-state index in [-0.39, 0.29) is 11.7 Å². The highest BCUT2D eigenvalue weighted by Crippen LogP contribution is 2.23. The van der Waals surface area contributed by atoms with E-state index in [4.69, 9.17) is 4.42 Å². The van der Waals surface area contributed by atoms with Crippen LogP contribution in [-0.2, 0) is 6.42 Å². The lowest BCUT2D eigenvalue weighted by Crippen LogP contribution is -2.22. The number of benzene rings is 1. The summed E-state index contributed by atoms with van der Waals surface area (Å²) in [6.45, 7) is 0.671. The van der Waals surface area contributed by atoms with Gasteiger partial charge in [-0.05, 0) is 46.5 Å². The van der Waals surface area contributed by atoms with Crippen molar-refractivity contribution < 1.29 is 14.0 Å². The fourth-order valence-electron chi connectivity index (χ4n) is 2.33. The van der Waals surface area contributed by atoms with Crippen LogP contribution in [0.15, 0.2) is 39.6 Å². The topological polar surface area (TPSA) is 59.3 Å². The first-order valence-electron chi connectivity index (χ1n) is 6.35. The zero-order chi connectivity index (χ0) is 14.1. The quantitative estimate of drug-likeness (QED) is 0.859. The van der Waals surface area contributed by atoms with E-state index in [1.54, 1.807) is 18.2 Å². The minimum atomic E-state index is -0.162. The third-order valence-electron chi connectivity index (χ3n) is 3.39. The second-order valence-corrected chi connectivity index (χ2v) is 5.39. The fourth-order valence-corrected chi connectivity index (χ4v) is 2.75. The van der Waals surface area contributed by atoms with E-state index >= 15 is 0 Å². The van der Waals surface area contributed by atoms with Gasteiger partial charge in [-0.25, -0.2) is 0 Å². The maximum absolute atomic E-state index is 12.4. The summed E-state index contributed by atoms with van der Waals surface area (Å²) in [6.07, 6.45) is 3.21. The van der Waals surface area contributed by atoms with Crippen molar-refractivity contribution in [3.63, 3.8) is 0 Å². The molecular formula is C15H12BrNO3. The molecular weight excluding hydrogens is 322 g/mol. The van der Waals surface area contributed by atoms with E-state index in [2.05, 4.69) is 21.2 Å². The van der Waals surface area contributed by atoms with Crippen molar-refractivity contribution in [2.45, 2.75) is 12.8 Å². The molecule has 2 heterocycles. The first-order chi connectivity index (χ1) is 9.66. The van der Waals surface area contributed by atoms with Crippen molar-refractivity contribution in [1.82, 2.24) is 5.32 Å². The molecule has 0 bridgehead atoms. The monoisotopic (exact) mass is 333 g/mol. The molecule has 0 radical (unpaired) electrons. The van der Waals surface area contributed by atoms with Crippen molar-refractivity contribution in [2.75, 3.05) is 6.54 Å². The number of ketones is 1. The van der Waals surface area contributed by atoms with Crippen molar-refractivity contribution >= 4 is 27.6 Å². The number of aryl methyl sites for hydroxylation is 1. The summed E-state index contributed by atoms with van der Waals surface area (Å²) in [7, 11) is 0. The van der Waals surface area contributed by atoms with Gasteiger partial charge in [0.05, 0.1) is 11.8 Å². The molecule has 0 atom stereocenters. The van der Waals surface area contributed by atoms with Crippen LogP contribution < -0.4 is 5.32 Å². The zero-order valence-corrected chi connectivity index (χ0v) is 12.2. The molecule has 5 heteroatoms. The molecule has 3 rings (SSSR count). The summed E-state index contributed by atoms with van der Waals surface area (Å²) in [5.74, 6) is -0.274. The number of nitrogens with one attached hydrogen (secondary N) is 1. The minimum Gasteiger partial charge on any atom is -0.457 e. The molecule has 0 saturated carbocycles. The zero-order valence-electron chi connectivity index (χ0n) is 10.6. The number of furan rings is 1. The predicted molar refractivity (Wildman–Crippen MR) is 76.9 cm³/mol. The Kier molecular flexibility index (Phi) is 3.44. The molecule has 1 aliphatic heterocycles. The molecule has 1 N–H and O–H groups in total. The number of rotatable bonds is 2. The summed E-state index contributed by atoms with van der Waals surface area (Å²) >= 11 is 3.20. The lowest BCUT2D eigenvalue weighted by Gasteiger charge is -2.07. The Morgan fingerprint density at radius 3 is 2.90 bits per heavy atom. The molecule has 1 aliphatic rings. The van der Waals surface area contributed by atoms with Gasteiger partial charge in [0.2, 0.25) is 0 Å². The van der Waals surface area contributed by atoms with Gasteiger partial charge in [0.25, 0.3) is 5.91 Å². The maximum atomic E-state index is 12.4.